The molecule has 0 bridgehead atoms. The number of hydrogen-bond acceptors (Lipinski definition) is 3. The Hall–Kier alpha value is -1.40. The number of rotatable bonds is 2. The monoisotopic (exact) mass is 339 g/mol. The predicted molar refractivity (Wildman–Crippen MR) is 86.4 cm³/mol. The first-order valence-corrected chi connectivity index (χ1v) is 8.97. The second kappa shape index (κ2) is 6.79. The molecule has 3 rings (SSSR count). The van der Waals surface area contributed by atoms with E-state index in [-0.39, 0.29) is 11.5 Å². The molecule has 22 heavy (non-hydrogen) atoms. The fraction of sp³-hybridized carbons (Fsp3) is 0.312. The van der Waals surface area contributed by atoms with E-state index in [1.807, 2.05) is 17.8 Å². The normalized spacial score (nSPS) is 19.0. The Morgan fingerprint density at radius 3 is 2.77 bits per heavy atom. The number of carbonyl (C=O) groups excluding carboxylic acids is 1. The minimum Gasteiger partial charge on any atom is -0.338 e. The Morgan fingerprint density at radius 1 is 1.18 bits per heavy atom. The lowest BCUT2D eigenvalue weighted by Gasteiger charge is -2.20. The molecule has 2 heterocycles. The van der Waals surface area contributed by atoms with Gasteiger partial charge in [-0.1, -0.05) is 6.07 Å². The first-order chi connectivity index (χ1) is 10.6. The summed E-state index contributed by atoms with van der Waals surface area (Å²) in [5, 5.41) is 2.47. The zero-order valence-corrected chi connectivity index (χ0v) is 13.4. The minimum absolute atomic E-state index is 0.207. The molecule has 0 aliphatic carbocycles. The number of hydrogen-bond donors (Lipinski definition) is 0. The zero-order chi connectivity index (χ0) is 15.5. The van der Waals surface area contributed by atoms with Crippen molar-refractivity contribution in [3.8, 4) is 0 Å². The summed E-state index contributed by atoms with van der Waals surface area (Å²) in [6, 6.07) is 7.48. The molecule has 1 atom stereocenters. The molecule has 1 fully saturated rings. The van der Waals surface area contributed by atoms with E-state index in [1.54, 1.807) is 16.2 Å². The minimum atomic E-state index is -0.980. The molecular weight excluding hydrogens is 324 g/mol. The summed E-state index contributed by atoms with van der Waals surface area (Å²) in [4.78, 5) is 15.5. The van der Waals surface area contributed by atoms with Crippen molar-refractivity contribution in [1.29, 1.82) is 0 Å². The Labute approximate surface area is 136 Å². The van der Waals surface area contributed by atoms with Gasteiger partial charge in [-0.05, 0) is 36.1 Å². The molecule has 116 valence electrons. The van der Waals surface area contributed by atoms with E-state index in [0.29, 0.717) is 18.3 Å². The topological polar surface area (TPSA) is 20.3 Å². The summed E-state index contributed by atoms with van der Waals surface area (Å²) in [7, 11) is 0. The van der Waals surface area contributed by atoms with Crippen molar-refractivity contribution in [2.45, 2.75) is 11.7 Å². The van der Waals surface area contributed by atoms with Gasteiger partial charge in [-0.3, -0.25) is 4.79 Å². The van der Waals surface area contributed by atoms with Crippen LogP contribution in [-0.2, 0) is 0 Å². The van der Waals surface area contributed by atoms with E-state index < -0.39 is 11.6 Å². The quantitative estimate of drug-likeness (QED) is 0.811. The summed E-state index contributed by atoms with van der Waals surface area (Å²) in [6.07, 6.45) is 0.876. The molecule has 1 amide bonds. The van der Waals surface area contributed by atoms with Crippen LogP contribution < -0.4 is 0 Å². The van der Waals surface area contributed by atoms with E-state index in [2.05, 4.69) is 11.4 Å². The van der Waals surface area contributed by atoms with Crippen LogP contribution in [0.4, 0.5) is 8.78 Å². The van der Waals surface area contributed by atoms with E-state index in [9.17, 15) is 13.6 Å². The maximum absolute atomic E-state index is 13.3. The summed E-state index contributed by atoms with van der Waals surface area (Å²) < 4.78 is 26.3. The molecule has 1 aliphatic heterocycles. The Morgan fingerprint density at radius 2 is 2.05 bits per heavy atom. The molecule has 0 saturated carbocycles. The molecule has 1 saturated heterocycles. The van der Waals surface area contributed by atoms with Gasteiger partial charge in [0, 0.05) is 34.5 Å². The lowest BCUT2D eigenvalue weighted by atomic mass is 10.1. The molecule has 0 N–H and O–H groups in total. The van der Waals surface area contributed by atoms with Gasteiger partial charge >= 0.3 is 0 Å². The lowest BCUT2D eigenvalue weighted by Crippen LogP contribution is -2.33. The molecule has 1 aromatic carbocycles. The van der Waals surface area contributed by atoms with E-state index in [0.717, 1.165) is 24.3 Å². The van der Waals surface area contributed by atoms with Gasteiger partial charge < -0.3 is 4.90 Å². The van der Waals surface area contributed by atoms with Gasteiger partial charge in [0.25, 0.3) is 5.91 Å². The van der Waals surface area contributed by atoms with Crippen molar-refractivity contribution in [1.82, 2.24) is 4.90 Å². The highest BCUT2D eigenvalue weighted by Crippen LogP contribution is 2.36. The van der Waals surface area contributed by atoms with Crippen molar-refractivity contribution >= 4 is 29.0 Å². The van der Waals surface area contributed by atoms with Crippen LogP contribution in [0.15, 0.2) is 35.7 Å². The predicted octanol–water partition coefficient (Wildman–Crippen LogP) is 4.35. The summed E-state index contributed by atoms with van der Waals surface area (Å²) in [6.45, 7) is 1.26. The van der Waals surface area contributed by atoms with Crippen molar-refractivity contribution in [2.75, 3.05) is 18.8 Å². The molecule has 6 heteroatoms. The Bertz CT molecular complexity index is 660. The van der Waals surface area contributed by atoms with Crippen LogP contribution in [0.25, 0.3) is 0 Å². The van der Waals surface area contributed by atoms with Gasteiger partial charge in [-0.2, -0.15) is 11.8 Å². The average molecular weight is 339 g/mol. The van der Waals surface area contributed by atoms with Gasteiger partial charge in [0.1, 0.15) is 0 Å². The van der Waals surface area contributed by atoms with Crippen molar-refractivity contribution in [3.05, 3.63) is 57.8 Å². The average Bonchev–Trinajstić information content (AvgIpc) is 2.94. The largest absolute Gasteiger partial charge is 0.338 e. The second-order valence-electron chi connectivity index (χ2n) is 5.08. The smallest absolute Gasteiger partial charge is 0.253 e. The van der Waals surface area contributed by atoms with Crippen LogP contribution in [0.2, 0.25) is 0 Å². The molecule has 0 radical (unpaired) electrons. The number of benzene rings is 1. The highest BCUT2D eigenvalue weighted by molar-refractivity contribution is 7.99. The highest BCUT2D eigenvalue weighted by Gasteiger charge is 2.23. The van der Waals surface area contributed by atoms with Crippen molar-refractivity contribution in [3.63, 3.8) is 0 Å². The number of amides is 1. The maximum atomic E-state index is 13.3. The first-order valence-electron chi connectivity index (χ1n) is 7.04. The number of nitrogens with zero attached hydrogens (tertiary/aromatic N) is 1. The van der Waals surface area contributed by atoms with Crippen molar-refractivity contribution < 1.29 is 13.6 Å². The molecule has 0 unspecified atom stereocenters. The van der Waals surface area contributed by atoms with E-state index in [1.165, 1.54) is 10.9 Å². The number of halogens is 2. The van der Waals surface area contributed by atoms with Gasteiger partial charge in [0.15, 0.2) is 11.6 Å². The van der Waals surface area contributed by atoms with Gasteiger partial charge in [0.05, 0.1) is 0 Å². The zero-order valence-electron chi connectivity index (χ0n) is 11.8. The Balaban J connectivity index is 1.70. The molecular formula is C16H15F2NOS2. The highest BCUT2D eigenvalue weighted by atomic mass is 32.2. The third-order valence-corrected chi connectivity index (χ3v) is 6.10. The van der Waals surface area contributed by atoms with Crippen LogP contribution in [0.1, 0.15) is 26.9 Å². The van der Waals surface area contributed by atoms with Crippen molar-refractivity contribution in [2.24, 2.45) is 0 Å². The molecule has 2 nitrogen and oxygen atoms in total. The summed E-state index contributed by atoms with van der Waals surface area (Å²) in [5.41, 5.74) is 0.207. The lowest BCUT2D eigenvalue weighted by molar-refractivity contribution is 0.0766. The number of thioether (sulfide) groups is 1. The summed E-state index contributed by atoms with van der Waals surface area (Å²) in [5.74, 6) is -1.29. The third kappa shape index (κ3) is 3.33. The van der Waals surface area contributed by atoms with Crippen LogP contribution in [0.3, 0.4) is 0 Å². The number of carbonyl (C=O) groups is 1. The van der Waals surface area contributed by atoms with E-state index in [4.69, 9.17) is 0 Å². The molecule has 1 aromatic heterocycles. The Kier molecular flexibility index (Phi) is 4.78. The SMILES string of the molecule is O=C(c1ccc(F)c(F)c1)N1CCS[C@@H](c2cccs2)CC1. The van der Waals surface area contributed by atoms with E-state index >= 15 is 0 Å². The van der Waals surface area contributed by atoms with Gasteiger partial charge in [-0.15, -0.1) is 11.3 Å². The number of thiophene rings is 1. The molecule has 2 aromatic rings. The maximum Gasteiger partial charge on any atom is 0.253 e. The molecule has 1 aliphatic rings. The summed E-state index contributed by atoms with van der Waals surface area (Å²) >= 11 is 3.58. The standard InChI is InChI=1S/C16H15F2NOS2/c17-12-4-3-11(10-13(12)18)16(20)19-6-5-15(22-9-7-19)14-2-1-8-21-14/h1-4,8,10,15H,5-7,9H2/t15-/m1/s1. The molecule has 0 spiro atoms. The van der Waals surface area contributed by atoms with Crippen LogP contribution in [-0.4, -0.2) is 29.6 Å². The first kappa shape index (κ1) is 15.5. The van der Waals surface area contributed by atoms with Crippen LogP contribution in [0, 0.1) is 11.6 Å². The van der Waals surface area contributed by atoms with Crippen LogP contribution in [0.5, 0.6) is 0 Å². The van der Waals surface area contributed by atoms with Crippen LogP contribution >= 0.6 is 23.1 Å². The van der Waals surface area contributed by atoms with Gasteiger partial charge in [-0.25, -0.2) is 8.78 Å². The second-order valence-corrected chi connectivity index (χ2v) is 7.37. The fourth-order valence-electron chi connectivity index (χ4n) is 2.49. The van der Waals surface area contributed by atoms with Gasteiger partial charge in [0.2, 0.25) is 0 Å². The fourth-order valence-corrected chi connectivity index (χ4v) is 4.72. The third-order valence-electron chi connectivity index (χ3n) is 3.66.